The van der Waals surface area contributed by atoms with Crippen LogP contribution in [-0.2, 0) is 22.9 Å². The molecule has 1 heterocycles. The fourth-order valence-corrected chi connectivity index (χ4v) is 3.17. The molecule has 7 nitrogen and oxygen atoms in total. The summed E-state index contributed by atoms with van der Waals surface area (Å²) in [5, 5.41) is 13.1. The summed E-state index contributed by atoms with van der Waals surface area (Å²) in [6, 6.07) is 7.19. The van der Waals surface area contributed by atoms with Gasteiger partial charge in [0, 0.05) is 26.0 Å². The standard InChI is InChI=1S/C15H21N5O2S.HI/c1-11-8-12(4-5-14(11)23(3,21)22)9-17-15(16-2)18-10-13-6-7-19-20-13;/h4-8H,9-10H2,1-3H3,(H,19,20)(H2,16,17,18);1H. The lowest BCUT2D eigenvalue weighted by Gasteiger charge is -2.12. The first-order valence-electron chi connectivity index (χ1n) is 7.12. The third-order valence-electron chi connectivity index (χ3n) is 3.33. The molecule has 0 bridgehead atoms. The Balaban J connectivity index is 0.00000288. The lowest BCUT2D eigenvalue weighted by Crippen LogP contribution is -2.36. The molecule has 2 rings (SSSR count). The molecule has 2 aromatic rings. The summed E-state index contributed by atoms with van der Waals surface area (Å²) in [4.78, 5) is 4.51. The largest absolute Gasteiger partial charge is 0.352 e. The van der Waals surface area contributed by atoms with E-state index in [0.717, 1.165) is 16.8 Å². The highest BCUT2D eigenvalue weighted by Gasteiger charge is 2.10. The van der Waals surface area contributed by atoms with Crippen LogP contribution in [0.4, 0.5) is 0 Å². The monoisotopic (exact) mass is 463 g/mol. The Morgan fingerprint density at radius 2 is 1.96 bits per heavy atom. The average molecular weight is 463 g/mol. The number of rotatable bonds is 5. The van der Waals surface area contributed by atoms with Gasteiger partial charge in [-0.2, -0.15) is 5.10 Å². The minimum Gasteiger partial charge on any atom is -0.352 e. The summed E-state index contributed by atoms with van der Waals surface area (Å²) < 4.78 is 23.2. The zero-order valence-corrected chi connectivity index (χ0v) is 17.0. The van der Waals surface area contributed by atoms with Gasteiger partial charge in [0.05, 0.1) is 17.1 Å². The van der Waals surface area contributed by atoms with Crippen LogP contribution in [0.1, 0.15) is 16.8 Å². The summed E-state index contributed by atoms with van der Waals surface area (Å²) in [5.74, 6) is 0.657. The molecular weight excluding hydrogens is 441 g/mol. The van der Waals surface area contributed by atoms with E-state index in [1.807, 2.05) is 12.1 Å². The Kier molecular flexibility index (Phi) is 7.67. The molecule has 0 radical (unpaired) electrons. The molecule has 0 atom stereocenters. The molecule has 1 aromatic carbocycles. The summed E-state index contributed by atoms with van der Waals surface area (Å²) >= 11 is 0. The minimum absolute atomic E-state index is 0. The van der Waals surface area contributed by atoms with Crippen molar-refractivity contribution < 1.29 is 8.42 Å². The molecule has 0 unspecified atom stereocenters. The van der Waals surface area contributed by atoms with E-state index in [2.05, 4.69) is 25.8 Å². The van der Waals surface area contributed by atoms with Crippen LogP contribution >= 0.6 is 24.0 Å². The third-order valence-corrected chi connectivity index (χ3v) is 4.58. The number of aliphatic imine (C=N–C) groups is 1. The van der Waals surface area contributed by atoms with E-state index in [0.29, 0.717) is 23.9 Å². The lowest BCUT2D eigenvalue weighted by atomic mass is 10.1. The first-order chi connectivity index (χ1) is 10.9. The summed E-state index contributed by atoms with van der Waals surface area (Å²) in [5.41, 5.74) is 2.69. The number of halogens is 1. The van der Waals surface area contributed by atoms with Crippen molar-refractivity contribution in [1.82, 2.24) is 20.8 Å². The van der Waals surface area contributed by atoms with Crippen molar-refractivity contribution >= 4 is 39.8 Å². The molecular formula is C15H22IN5O2S. The second kappa shape index (κ2) is 9.02. The zero-order valence-electron chi connectivity index (χ0n) is 13.8. The van der Waals surface area contributed by atoms with Gasteiger partial charge in [-0.3, -0.25) is 10.1 Å². The number of H-pyrrole nitrogens is 1. The van der Waals surface area contributed by atoms with Gasteiger partial charge in [0.1, 0.15) is 0 Å². The molecule has 3 N–H and O–H groups in total. The van der Waals surface area contributed by atoms with Gasteiger partial charge in [0.25, 0.3) is 0 Å². The van der Waals surface area contributed by atoms with Crippen LogP contribution in [-0.4, -0.2) is 37.9 Å². The van der Waals surface area contributed by atoms with Gasteiger partial charge in [0.15, 0.2) is 15.8 Å². The van der Waals surface area contributed by atoms with Crippen LogP contribution in [0.15, 0.2) is 40.4 Å². The van der Waals surface area contributed by atoms with E-state index >= 15 is 0 Å². The molecule has 0 fully saturated rings. The predicted molar refractivity (Wildman–Crippen MR) is 105 cm³/mol. The van der Waals surface area contributed by atoms with Gasteiger partial charge in [-0.15, -0.1) is 24.0 Å². The Hall–Kier alpha value is -1.62. The summed E-state index contributed by atoms with van der Waals surface area (Å²) in [6.07, 6.45) is 2.91. The van der Waals surface area contributed by atoms with Gasteiger partial charge in [-0.25, -0.2) is 8.42 Å². The van der Waals surface area contributed by atoms with E-state index in [4.69, 9.17) is 0 Å². The SMILES string of the molecule is CN=C(NCc1ccc(S(C)(=O)=O)c(C)c1)NCc1ccn[nH]1.I. The van der Waals surface area contributed by atoms with Crippen LogP contribution in [0.3, 0.4) is 0 Å². The maximum absolute atomic E-state index is 11.6. The smallest absolute Gasteiger partial charge is 0.191 e. The number of guanidine groups is 1. The minimum atomic E-state index is -3.19. The molecule has 132 valence electrons. The number of aromatic nitrogens is 2. The van der Waals surface area contributed by atoms with E-state index < -0.39 is 9.84 Å². The van der Waals surface area contributed by atoms with Gasteiger partial charge in [0.2, 0.25) is 0 Å². The lowest BCUT2D eigenvalue weighted by molar-refractivity contribution is 0.601. The number of nitrogens with zero attached hydrogens (tertiary/aromatic N) is 2. The Morgan fingerprint density at radius 3 is 2.50 bits per heavy atom. The second-order valence-electron chi connectivity index (χ2n) is 5.23. The quantitative estimate of drug-likeness (QED) is 0.356. The molecule has 9 heteroatoms. The molecule has 0 saturated carbocycles. The highest BCUT2D eigenvalue weighted by atomic mass is 127. The second-order valence-corrected chi connectivity index (χ2v) is 7.22. The molecule has 1 aromatic heterocycles. The average Bonchev–Trinajstić information content (AvgIpc) is 2.99. The number of nitrogens with one attached hydrogen (secondary N) is 3. The van der Waals surface area contributed by atoms with Crippen molar-refractivity contribution in [3.63, 3.8) is 0 Å². The highest BCUT2D eigenvalue weighted by molar-refractivity contribution is 14.0. The van der Waals surface area contributed by atoms with E-state index in [1.54, 1.807) is 32.3 Å². The summed E-state index contributed by atoms with van der Waals surface area (Å²) in [6.45, 7) is 2.93. The number of aryl methyl sites for hydroxylation is 1. The van der Waals surface area contributed by atoms with Crippen molar-refractivity contribution in [3.05, 3.63) is 47.3 Å². The number of hydrogen-bond acceptors (Lipinski definition) is 4. The van der Waals surface area contributed by atoms with Crippen molar-refractivity contribution in [2.45, 2.75) is 24.9 Å². The van der Waals surface area contributed by atoms with Crippen molar-refractivity contribution in [2.24, 2.45) is 4.99 Å². The maximum atomic E-state index is 11.6. The zero-order chi connectivity index (χ0) is 16.9. The fourth-order valence-electron chi connectivity index (χ4n) is 2.21. The van der Waals surface area contributed by atoms with Gasteiger partial charge >= 0.3 is 0 Å². The van der Waals surface area contributed by atoms with E-state index in [1.165, 1.54) is 6.26 Å². The van der Waals surface area contributed by atoms with Crippen LogP contribution in [0.5, 0.6) is 0 Å². The van der Waals surface area contributed by atoms with Crippen molar-refractivity contribution in [2.75, 3.05) is 13.3 Å². The van der Waals surface area contributed by atoms with Gasteiger partial charge < -0.3 is 10.6 Å². The Morgan fingerprint density at radius 1 is 1.25 bits per heavy atom. The van der Waals surface area contributed by atoms with Crippen molar-refractivity contribution in [1.29, 1.82) is 0 Å². The molecule has 0 spiro atoms. The first kappa shape index (κ1) is 20.4. The van der Waals surface area contributed by atoms with E-state index in [-0.39, 0.29) is 24.0 Å². The van der Waals surface area contributed by atoms with Crippen molar-refractivity contribution in [3.8, 4) is 0 Å². The van der Waals surface area contributed by atoms with Gasteiger partial charge in [-0.1, -0.05) is 12.1 Å². The maximum Gasteiger partial charge on any atom is 0.191 e. The number of hydrogen-bond donors (Lipinski definition) is 3. The number of sulfone groups is 1. The Labute approximate surface area is 159 Å². The molecule has 0 saturated heterocycles. The van der Waals surface area contributed by atoms with E-state index in [9.17, 15) is 8.42 Å². The number of benzene rings is 1. The Bertz CT molecular complexity index is 788. The first-order valence-corrected chi connectivity index (χ1v) is 9.01. The molecule has 0 aliphatic rings. The van der Waals surface area contributed by atoms with Crippen LogP contribution in [0.25, 0.3) is 0 Å². The topological polar surface area (TPSA) is 99.2 Å². The van der Waals surface area contributed by atoms with Gasteiger partial charge in [-0.05, 0) is 30.2 Å². The molecule has 0 amide bonds. The third kappa shape index (κ3) is 5.78. The predicted octanol–water partition coefficient (Wildman–Crippen LogP) is 1.60. The molecule has 24 heavy (non-hydrogen) atoms. The molecule has 0 aliphatic heterocycles. The van der Waals surface area contributed by atoms with Crippen LogP contribution in [0.2, 0.25) is 0 Å². The molecule has 0 aliphatic carbocycles. The fraction of sp³-hybridized carbons (Fsp3) is 0.333. The van der Waals surface area contributed by atoms with Crippen LogP contribution < -0.4 is 10.6 Å². The normalized spacial score (nSPS) is 11.7. The highest BCUT2D eigenvalue weighted by Crippen LogP contribution is 2.16. The number of aromatic amines is 1. The van der Waals surface area contributed by atoms with Crippen LogP contribution in [0, 0.1) is 6.92 Å². The summed E-state index contributed by atoms with van der Waals surface area (Å²) in [7, 11) is -1.49.